The van der Waals surface area contributed by atoms with E-state index in [1.54, 1.807) is 0 Å². The van der Waals surface area contributed by atoms with Crippen LogP contribution in [0.1, 0.15) is 17.9 Å². The summed E-state index contributed by atoms with van der Waals surface area (Å²) in [6.45, 7) is 0. The summed E-state index contributed by atoms with van der Waals surface area (Å²) in [5, 5.41) is 0. The molecule has 1 nitrogen and oxygen atoms in total. The van der Waals surface area contributed by atoms with Crippen molar-refractivity contribution in [2.75, 3.05) is 4.90 Å². The van der Waals surface area contributed by atoms with Crippen LogP contribution in [0, 0.1) is 5.92 Å². The van der Waals surface area contributed by atoms with Crippen LogP contribution in [0.5, 0.6) is 0 Å². The molecule has 3 aromatic carbocycles. The number of nitrogens with zero attached hydrogens (tertiary/aromatic N) is 1. The molecule has 1 fully saturated rings. The Bertz CT molecular complexity index is 1210. The lowest BCUT2D eigenvalue weighted by atomic mass is 9.82. The molecular formula is C30H25N. The van der Waals surface area contributed by atoms with Crippen molar-refractivity contribution < 1.29 is 0 Å². The molecule has 1 heteroatoms. The van der Waals surface area contributed by atoms with Crippen molar-refractivity contribution in [1.29, 1.82) is 0 Å². The summed E-state index contributed by atoms with van der Waals surface area (Å²) in [4.78, 5) is 2.52. The highest BCUT2D eigenvalue weighted by atomic mass is 15.2. The molecule has 0 spiro atoms. The van der Waals surface area contributed by atoms with E-state index in [4.69, 9.17) is 0 Å². The molecule has 0 saturated carbocycles. The minimum atomic E-state index is 0.360. The van der Waals surface area contributed by atoms with Crippen LogP contribution < -0.4 is 4.90 Å². The Labute approximate surface area is 184 Å². The van der Waals surface area contributed by atoms with E-state index in [1.165, 1.54) is 33.6 Å². The van der Waals surface area contributed by atoms with E-state index in [2.05, 4.69) is 126 Å². The van der Waals surface area contributed by atoms with Gasteiger partial charge < -0.3 is 4.90 Å². The van der Waals surface area contributed by atoms with E-state index in [9.17, 15) is 0 Å². The monoisotopic (exact) mass is 399 g/mol. The SMILES string of the molecule is C1=CC2C3=CC(c4cccc(-c5ccccc5)c4)CC=C3N(c3ccccc3)C2C=C1. The molecule has 0 N–H and O–H groups in total. The van der Waals surface area contributed by atoms with Gasteiger partial charge in [-0.25, -0.2) is 0 Å². The third-order valence-corrected chi connectivity index (χ3v) is 6.72. The van der Waals surface area contributed by atoms with Crippen LogP contribution in [0.4, 0.5) is 5.69 Å². The summed E-state index contributed by atoms with van der Waals surface area (Å²) >= 11 is 0. The van der Waals surface area contributed by atoms with Gasteiger partial charge in [0.2, 0.25) is 0 Å². The van der Waals surface area contributed by atoms with Crippen molar-refractivity contribution in [3.05, 3.63) is 138 Å². The number of hydrogen-bond donors (Lipinski definition) is 0. The van der Waals surface area contributed by atoms with E-state index in [1.807, 2.05) is 0 Å². The van der Waals surface area contributed by atoms with E-state index in [0.717, 1.165) is 6.42 Å². The highest BCUT2D eigenvalue weighted by molar-refractivity contribution is 5.68. The van der Waals surface area contributed by atoms with Crippen molar-refractivity contribution in [3.63, 3.8) is 0 Å². The van der Waals surface area contributed by atoms with Crippen molar-refractivity contribution in [3.8, 4) is 11.1 Å². The van der Waals surface area contributed by atoms with Crippen LogP contribution >= 0.6 is 0 Å². The lowest BCUT2D eigenvalue weighted by Gasteiger charge is -2.28. The van der Waals surface area contributed by atoms with E-state index in [-0.39, 0.29) is 0 Å². The van der Waals surface area contributed by atoms with Gasteiger partial charge in [0.25, 0.3) is 0 Å². The maximum atomic E-state index is 2.53. The van der Waals surface area contributed by atoms with Gasteiger partial charge in [-0.15, -0.1) is 0 Å². The van der Waals surface area contributed by atoms with Crippen molar-refractivity contribution in [1.82, 2.24) is 0 Å². The second-order valence-corrected chi connectivity index (χ2v) is 8.54. The third kappa shape index (κ3) is 3.18. The predicted molar refractivity (Wildman–Crippen MR) is 130 cm³/mol. The fourth-order valence-corrected chi connectivity index (χ4v) is 5.25. The lowest BCUT2D eigenvalue weighted by molar-refractivity contribution is 0.699. The average molecular weight is 400 g/mol. The molecule has 0 radical (unpaired) electrons. The number of hydrogen-bond acceptors (Lipinski definition) is 1. The summed E-state index contributed by atoms with van der Waals surface area (Å²) < 4.78 is 0. The summed E-state index contributed by atoms with van der Waals surface area (Å²) in [5.41, 5.74) is 8.09. The van der Waals surface area contributed by atoms with Crippen molar-refractivity contribution in [2.45, 2.75) is 18.4 Å². The van der Waals surface area contributed by atoms with Gasteiger partial charge >= 0.3 is 0 Å². The molecule has 31 heavy (non-hydrogen) atoms. The topological polar surface area (TPSA) is 3.24 Å². The van der Waals surface area contributed by atoms with Gasteiger partial charge in [-0.3, -0.25) is 0 Å². The zero-order valence-electron chi connectivity index (χ0n) is 17.4. The molecule has 0 amide bonds. The minimum absolute atomic E-state index is 0.360. The number of allylic oxidation sites excluding steroid dienone is 5. The standard InChI is InChI=1S/C30H25N/c1-3-10-22(11-4-1)23-12-9-13-24(20-23)25-18-19-30-28(21-25)27-16-7-8-17-29(27)31(30)26-14-5-2-6-15-26/h1-17,19-21,25,27,29H,18H2. The first kappa shape index (κ1) is 18.2. The Morgan fingerprint density at radius 3 is 2.29 bits per heavy atom. The molecule has 3 aromatic rings. The Morgan fingerprint density at radius 2 is 1.45 bits per heavy atom. The van der Waals surface area contributed by atoms with Crippen LogP contribution in [-0.4, -0.2) is 6.04 Å². The molecule has 150 valence electrons. The van der Waals surface area contributed by atoms with E-state index < -0.39 is 0 Å². The Balaban J connectivity index is 1.38. The highest BCUT2D eigenvalue weighted by Gasteiger charge is 2.41. The zero-order valence-corrected chi connectivity index (χ0v) is 17.4. The van der Waals surface area contributed by atoms with Crippen LogP contribution in [0.15, 0.2) is 133 Å². The molecule has 3 aliphatic rings. The van der Waals surface area contributed by atoms with Crippen LogP contribution in [-0.2, 0) is 0 Å². The first-order chi connectivity index (χ1) is 15.4. The van der Waals surface area contributed by atoms with Gasteiger partial charge in [-0.1, -0.05) is 109 Å². The molecular weight excluding hydrogens is 374 g/mol. The minimum Gasteiger partial charge on any atom is -0.334 e. The largest absolute Gasteiger partial charge is 0.334 e. The van der Waals surface area contributed by atoms with Crippen molar-refractivity contribution >= 4 is 5.69 Å². The summed E-state index contributed by atoms with van der Waals surface area (Å²) in [7, 11) is 0. The number of fused-ring (bicyclic) bond motifs is 3. The first-order valence-electron chi connectivity index (χ1n) is 11.2. The zero-order chi connectivity index (χ0) is 20.6. The Hall–Kier alpha value is -3.58. The number of anilines is 1. The maximum Gasteiger partial charge on any atom is 0.0629 e. The Morgan fingerprint density at radius 1 is 0.710 bits per heavy atom. The number of rotatable bonds is 3. The Kier molecular flexibility index (Phi) is 4.46. The van der Waals surface area contributed by atoms with Gasteiger partial charge in [0, 0.05) is 23.2 Å². The van der Waals surface area contributed by atoms with Crippen LogP contribution in [0.3, 0.4) is 0 Å². The fourth-order valence-electron chi connectivity index (χ4n) is 5.25. The smallest absolute Gasteiger partial charge is 0.0629 e. The van der Waals surface area contributed by atoms with E-state index in [0.29, 0.717) is 17.9 Å². The van der Waals surface area contributed by atoms with Gasteiger partial charge in [0.1, 0.15) is 0 Å². The normalized spacial score (nSPS) is 23.7. The molecule has 0 aromatic heterocycles. The fraction of sp³-hybridized carbons (Fsp3) is 0.133. The van der Waals surface area contributed by atoms with Crippen LogP contribution in [0.25, 0.3) is 11.1 Å². The van der Waals surface area contributed by atoms with Gasteiger partial charge in [0.05, 0.1) is 6.04 Å². The second kappa shape index (κ2) is 7.59. The van der Waals surface area contributed by atoms with Crippen LogP contribution in [0.2, 0.25) is 0 Å². The highest BCUT2D eigenvalue weighted by Crippen LogP contribution is 2.47. The van der Waals surface area contributed by atoms with Crippen molar-refractivity contribution in [2.24, 2.45) is 5.92 Å². The maximum absolute atomic E-state index is 2.53. The molecule has 3 unspecified atom stereocenters. The van der Waals surface area contributed by atoms with Gasteiger partial charge in [-0.2, -0.15) is 0 Å². The molecule has 2 aliphatic carbocycles. The molecule has 0 bridgehead atoms. The number of benzene rings is 3. The number of para-hydroxylation sites is 1. The van der Waals surface area contributed by atoms with Gasteiger partial charge in [0.15, 0.2) is 0 Å². The second-order valence-electron chi connectivity index (χ2n) is 8.54. The summed E-state index contributed by atoms with van der Waals surface area (Å²) in [6, 6.07) is 30.9. The summed E-state index contributed by atoms with van der Waals surface area (Å²) in [6.07, 6.45) is 15.1. The average Bonchev–Trinajstić information content (AvgIpc) is 3.19. The molecule has 6 rings (SSSR count). The summed E-state index contributed by atoms with van der Waals surface area (Å²) in [5.74, 6) is 0.828. The predicted octanol–water partition coefficient (Wildman–Crippen LogP) is 7.28. The van der Waals surface area contributed by atoms with E-state index >= 15 is 0 Å². The quantitative estimate of drug-likeness (QED) is 0.447. The molecule has 1 heterocycles. The lowest BCUT2D eigenvalue weighted by Crippen LogP contribution is -2.30. The molecule has 1 saturated heterocycles. The van der Waals surface area contributed by atoms with Gasteiger partial charge in [-0.05, 0) is 40.8 Å². The molecule has 3 atom stereocenters. The first-order valence-corrected chi connectivity index (χ1v) is 11.2. The molecule has 1 aliphatic heterocycles. The third-order valence-electron chi connectivity index (χ3n) is 6.72.